The number of sulfonamides is 1. The highest BCUT2D eigenvalue weighted by atomic mass is 32.2. The summed E-state index contributed by atoms with van der Waals surface area (Å²) in [6.45, 7) is 0.208. The fourth-order valence-corrected chi connectivity index (χ4v) is 4.74. The summed E-state index contributed by atoms with van der Waals surface area (Å²) < 4.78 is 37.8. The van der Waals surface area contributed by atoms with E-state index < -0.39 is 15.8 Å². The van der Waals surface area contributed by atoms with Crippen molar-refractivity contribution in [3.05, 3.63) is 30.1 Å². The summed E-state index contributed by atoms with van der Waals surface area (Å²) in [7, 11) is -3.62. The van der Waals surface area contributed by atoms with Crippen molar-refractivity contribution in [3.8, 4) is 0 Å². The second-order valence-electron chi connectivity index (χ2n) is 5.87. The van der Waals surface area contributed by atoms with E-state index in [0.717, 1.165) is 16.3 Å². The van der Waals surface area contributed by atoms with Gasteiger partial charge in [0.1, 0.15) is 12.4 Å². The average molecular weight is 375 g/mol. The molecule has 1 aliphatic rings. The molecule has 24 heavy (non-hydrogen) atoms. The lowest BCUT2D eigenvalue weighted by atomic mass is 10.3. The van der Waals surface area contributed by atoms with Gasteiger partial charge in [-0.25, -0.2) is 12.8 Å². The second kappa shape index (κ2) is 8.71. The zero-order valence-electron chi connectivity index (χ0n) is 13.7. The second-order valence-corrected chi connectivity index (χ2v) is 9.19. The molecule has 5 nitrogen and oxygen atoms in total. The zero-order valence-corrected chi connectivity index (χ0v) is 15.3. The summed E-state index contributed by atoms with van der Waals surface area (Å²) in [5.41, 5.74) is 0.273. The Morgan fingerprint density at radius 2 is 1.92 bits per heavy atom. The van der Waals surface area contributed by atoms with Crippen LogP contribution in [0.4, 0.5) is 10.1 Å². The number of nitrogens with zero attached hydrogens (tertiary/aromatic N) is 1. The monoisotopic (exact) mass is 374 g/mol. The first-order valence-corrected chi connectivity index (χ1v) is 10.9. The van der Waals surface area contributed by atoms with Gasteiger partial charge in [0.05, 0.1) is 11.9 Å². The molecule has 0 aromatic heterocycles. The van der Waals surface area contributed by atoms with Gasteiger partial charge in [0.25, 0.3) is 0 Å². The number of hydrogen-bond donors (Lipinski definition) is 1. The fraction of sp³-hybridized carbons (Fsp3) is 0.562. The first-order valence-electron chi connectivity index (χ1n) is 7.98. The molecular formula is C16H23FN2O3S2. The number of nitrogens with one attached hydrogen (secondary N) is 1. The van der Waals surface area contributed by atoms with Gasteiger partial charge in [0, 0.05) is 17.5 Å². The number of halogens is 1. The third-order valence-electron chi connectivity index (χ3n) is 3.88. The number of benzene rings is 1. The number of carbonyl (C=O) groups is 1. The zero-order chi connectivity index (χ0) is 17.6. The van der Waals surface area contributed by atoms with E-state index in [1.807, 2.05) is 11.8 Å². The number of carbonyl (C=O) groups excluding carboxylic acids is 1. The first-order chi connectivity index (χ1) is 11.4. The normalized spacial score (nSPS) is 15.4. The summed E-state index contributed by atoms with van der Waals surface area (Å²) in [4.78, 5) is 12.0. The molecule has 0 spiro atoms. The molecule has 0 heterocycles. The number of anilines is 1. The molecule has 0 atom stereocenters. The van der Waals surface area contributed by atoms with Crippen molar-refractivity contribution in [1.29, 1.82) is 0 Å². The molecule has 1 saturated carbocycles. The highest BCUT2D eigenvalue weighted by Gasteiger charge is 2.21. The molecule has 1 N–H and O–H groups in total. The van der Waals surface area contributed by atoms with Crippen LogP contribution in [0.3, 0.4) is 0 Å². The van der Waals surface area contributed by atoms with E-state index >= 15 is 0 Å². The van der Waals surface area contributed by atoms with Crippen LogP contribution in [0, 0.1) is 5.82 Å². The van der Waals surface area contributed by atoms with Gasteiger partial charge in [-0.3, -0.25) is 9.10 Å². The van der Waals surface area contributed by atoms with Crippen LogP contribution in [0.25, 0.3) is 0 Å². The van der Waals surface area contributed by atoms with E-state index in [9.17, 15) is 17.6 Å². The number of hydrogen-bond acceptors (Lipinski definition) is 4. The van der Waals surface area contributed by atoms with Crippen LogP contribution in [0.1, 0.15) is 25.7 Å². The van der Waals surface area contributed by atoms with E-state index in [0.29, 0.717) is 11.8 Å². The van der Waals surface area contributed by atoms with Crippen LogP contribution in [-0.4, -0.2) is 44.7 Å². The standard InChI is InChI=1S/C16H23FN2O3S2/c1-24(21,22)19(14-8-6-13(17)7-9-14)12-16(20)18-10-11-23-15-4-2-3-5-15/h6-9,15H,2-5,10-12H2,1H3,(H,18,20). The van der Waals surface area contributed by atoms with Gasteiger partial charge >= 0.3 is 0 Å². The van der Waals surface area contributed by atoms with Crippen LogP contribution in [0.2, 0.25) is 0 Å². The SMILES string of the molecule is CS(=O)(=O)N(CC(=O)NCCSC1CCCC1)c1ccc(F)cc1. The highest BCUT2D eigenvalue weighted by Crippen LogP contribution is 2.28. The maximum Gasteiger partial charge on any atom is 0.240 e. The van der Waals surface area contributed by atoms with Gasteiger partial charge in [0.15, 0.2) is 0 Å². The molecule has 0 radical (unpaired) electrons. The van der Waals surface area contributed by atoms with Crippen molar-refractivity contribution in [2.75, 3.05) is 29.4 Å². The Morgan fingerprint density at radius 1 is 1.29 bits per heavy atom. The topological polar surface area (TPSA) is 66.5 Å². The van der Waals surface area contributed by atoms with Crippen molar-refractivity contribution in [3.63, 3.8) is 0 Å². The Morgan fingerprint density at radius 3 is 2.50 bits per heavy atom. The molecular weight excluding hydrogens is 351 g/mol. The largest absolute Gasteiger partial charge is 0.354 e. The van der Waals surface area contributed by atoms with Crippen LogP contribution in [0.5, 0.6) is 0 Å². The van der Waals surface area contributed by atoms with E-state index in [4.69, 9.17) is 0 Å². The van der Waals surface area contributed by atoms with Gasteiger partial charge in [-0.15, -0.1) is 0 Å². The van der Waals surface area contributed by atoms with E-state index in [-0.39, 0.29) is 18.1 Å². The predicted octanol–water partition coefficient (Wildman–Crippen LogP) is 2.38. The number of amides is 1. The lowest BCUT2D eigenvalue weighted by molar-refractivity contribution is -0.119. The molecule has 134 valence electrons. The Bertz CT molecular complexity index is 644. The minimum Gasteiger partial charge on any atom is -0.354 e. The summed E-state index contributed by atoms with van der Waals surface area (Å²) in [5.74, 6) is 0.00334. The van der Waals surface area contributed by atoms with Crippen molar-refractivity contribution >= 4 is 33.4 Å². The summed E-state index contributed by atoms with van der Waals surface area (Å²) in [5, 5.41) is 3.44. The molecule has 8 heteroatoms. The van der Waals surface area contributed by atoms with Gasteiger partial charge in [0.2, 0.25) is 15.9 Å². The minimum absolute atomic E-state index is 0.273. The first kappa shape index (κ1) is 19.1. The van der Waals surface area contributed by atoms with Crippen LogP contribution < -0.4 is 9.62 Å². The van der Waals surface area contributed by atoms with Gasteiger partial charge in [-0.2, -0.15) is 11.8 Å². The molecule has 0 bridgehead atoms. The molecule has 1 aliphatic carbocycles. The molecule has 0 aliphatic heterocycles. The van der Waals surface area contributed by atoms with E-state index in [2.05, 4.69) is 5.32 Å². The van der Waals surface area contributed by atoms with Gasteiger partial charge in [-0.1, -0.05) is 12.8 Å². The summed E-state index contributed by atoms with van der Waals surface area (Å²) >= 11 is 1.86. The number of thioether (sulfide) groups is 1. The van der Waals surface area contributed by atoms with Gasteiger partial charge < -0.3 is 5.32 Å². The van der Waals surface area contributed by atoms with Crippen molar-refractivity contribution in [1.82, 2.24) is 5.32 Å². The molecule has 0 saturated heterocycles. The summed E-state index contributed by atoms with van der Waals surface area (Å²) in [6.07, 6.45) is 6.08. The van der Waals surface area contributed by atoms with Gasteiger partial charge in [-0.05, 0) is 37.1 Å². The smallest absolute Gasteiger partial charge is 0.240 e. The lowest BCUT2D eigenvalue weighted by Crippen LogP contribution is -2.41. The molecule has 1 aromatic rings. The van der Waals surface area contributed by atoms with Crippen molar-refractivity contribution in [2.24, 2.45) is 0 Å². The molecule has 1 fully saturated rings. The minimum atomic E-state index is -3.62. The average Bonchev–Trinajstić information content (AvgIpc) is 3.02. The third-order valence-corrected chi connectivity index (χ3v) is 6.41. The Labute approximate surface area is 147 Å². The summed E-state index contributed by atoms with van der Waals surface area (Å²) in [6, 6.07) is 5.03. The van der Waals surface area contributed by atoms with E-state index in [1.54, 1.807) is 0 Å². The molecule has 2 rings (SSSR count). The Balaban J connectivity index is 1.84. The number of rotatable bonds is 8. The van der Waals surface area contributed by atoms with E-state index in [1.165, 1.54) is 49.9 Å². The molecule has 1 aromatic carbocycles. The van der Waals surface area contributed by atoms with Crippen LogP contribution >= 0.6 is 11.8 Å². The maximum atomic E-state index is 13.0. The Kier molecular flexibility index (Phi) is 6.91. The fourth-order valence-electron chi connectivity index (χ4n) is 2.66. The van der Waals surface area contributed by atoms with Crippen LogP contribution in [-0.2, 0) is 14.8 Å². The van der Waals surface area contributed by atoms with Crippen LogP contribution in [0.15, 0.2) is 24.3 Å². The third kappa shape index (κ3) is 5.98. The Hall–Kier alpha value is -1.28. The highest BCUT2D eigenvalue weighted by molar-refractivity contribution is 7.99. The molecule has 1 amide bonds. The van der Waals surface area contributed by atoms with Crippen molar-refractivity contribution < 1.29 is 17.6 Å². The molecule has 0 unspecified atom stereocenters. The van der Waals surface area contributed by atoms with Crippen molar-refractivity contribution in [2.45, 2.75) is 30.9 Å². The predicted molar refractivity (Wildman–Crippen MR) is 96.3 cm³/mol. The lowest BCUT2D eigenvalue weighted by Gasteiger charge is -2.21. The maximum absolute atomic E-state index is 13.0. The quantitative estimate of drug-likeness (QED) is 0.710.